The molecule has 10 nitrogen and oxygen atoms in total. The zero-order valence-corrected chi connectivity index (χ0v) is 37.9. The number of amides is 1. The van der Waals surface area contributed by atoms with Gasteiger partial charge in [0.1, 0.15) is 6.10 Å². The average Bonchev–Trinajstić information content (AvgIpc) is 3.44. The molecule has 4 fully saturated rings. The molecule has 4 saturated carbocycles. The molecule has 324 valence electrons. The van der Waals surface area contributed by atoms with E-state index in [1.54, 1.807) is 37.8 Å². The fourth-order valence-electron chi connectivity index (χ4n) is 13.6. The summed E-state index contributed by atoms with van der Waals surface area (Å²) in [5.41, 5.74) is 5.98. The molecule has 58 heavy (non-hydrogen) atoms. The molecule has 0 heterocycles. The summed E-state index contributed by atoms with van der Waals surface area (Å²) < 4.78 is 6.17. The van der Waals surface area contributed by atoms with Crippen LogP contribution in [0.5, 0.6) is 0 Å². The Kier molecular flexibility index (Phi) is 12.9. The SMILES string of the molecule is C=N/C(=C\C=C(/C)Cl)[C@H](C)N(C[C@H](O)[C@@]12CC[C@]3(C)[C@H](CC[C@@H]4[C@@]5(C)CC[C@H](OC(=O)CC(C)(C)C(=O)O)C(C)(C)[C@@H]5CC[C@]43C)C1=C(C(C)C)C(=O)C2)C(=O)CN. The lowest BCUT2D eigenvalue weighted by Gasteiger charge is -2.72. The number of nitrogens with two attached hydrogens (primary N) is 1. The number of hydrogen-bond acceptors (Lipinski definition) is 8. The lowest BCUT2D eigenvalue weighted by atomic mass is 9.33. The Bertz CT molecular complexity index is 1780. The number of carbonyl (C=O) groups is 4. The highest BCUT2D eigenvalue weighted by Crippen LogP contribution is 2.77. The van der Waals surface area contributed by atoms with Crippen LogP contribution in [0.25, 0.3) is 0 Å². The molecule has 11 heteroatoms. The molecule has 0 spiro atoms. The molecule has 0 aromatic carbocycles. The van der Waals surface area contributed by atoms with Gasteiger partial charge in [-0.15, -0.1) is 0 Å². The molecule has 4 N–H and O–H groups in total. The number of carboxylic acids is 1. The Morgan fingerprint density at radius 1 is 1.00 bits per heavy atom. The molecule has 5 aliphatic carbocycles. The second-order valence-electron chi connectivity index (χ2n) is 21.0. The highest BCUT2D eigenvalue weighted by Gasteiger charge is 2.71. The van der Waals surface area contributed by atoms with Gasteiger partial charge in [0, 0.05) is 28.8 Å². The van der Waals surface area contributed by atoms with Crippen LogP contribution in [-0.2, 0) is 23.9 Å². The highest BCUT2D eigenvalue weighted by atomic mass is 35.5. The summed E-state index contributed by atoms with van der Waals surface area (Å²) in [5.74, 6) is -0.877. The van der Waals surface area contributed by atoms with Crippen LogP contribution in [0, 0.1) is 56.2 Å². The van der Waals surface area contributed by atoms with E-state index in [4.69, 9.17) is 22.1 Å². The van der Waals surface area contributed by atoms with Gasteiger partial charge in [0.25, 0.3) is 0 Å². The van der Waals surface area contributed by atoms with Crippen molar-refractivity contribution < 1.29 is 34.1 Å². The Balaban J connectivity index is 1.48. The Morgan fingerprint density at radius 2 is 1.66 bits per heavy atom. The van der Waals surface area contributed by atoms with E-state index in [1.807, 2.05) is 6.92 Å². The highest BCUT2D eigenvalue weighted by molar-refractivity contribution is 6.29. The smallest absolute Gasteiger partial charge is 0.309 e. The summed E-state index contributed by atoms with van der Waals surface area (Å²) in [6.07, 6.45) is 9.25. The number of fused-ring (bicyclic) bond motifs is 7. The van der Waals surface area contributed by atoms with Crippen molar-refractivity contribution in [3.05, 3.63) is 34.0 Å². The molecule has 0 saturated heterocycles. The zero-order valence-electron chi connectivity index (χ0n) is 37.2. The van der Waals surface area contributed by atoms with Gasteiger partial charge in [-0.2, -0.15) is 0 Å². The largest absolute Gasteiger partial charge is 0.481 e. The van der Waals surface area contributed by atoms with Crippen LogP contribution in [0.1, 0.15) is 140 Å². The molecular formula is C47H72ClN3O7. The van der Waals surface area contributed by atoms with Gasteiger partial charge >= 0.3 is 11.9 Å². The third kappa shape index (κ3) is 7.47. The number of aliphatic hydroxyl groups is 1. The van der Waals surface area contributed by atoms with Crippen LogP contribution in [0.4, 0.5) is 0 Å². The molecule has 0 aromatic heterocycles. The van der Waals surface area contributed by atoms with Crippen molar-refractivity contribution in [2.75, 3.05) is 13.1 Å². The lowest BCUT2D eigenvalue weighted by Crippen LogP contribution is -2.66. The van der Waals surface area contributed by atoms with Crippen molar-refractivity contribution in [3.8, 4) is 0 Å². The van der Waals surface area contributed by atoms with Gasteiger partial charge in [-0.3, -0.25) is 24.2 Å². The van der Waals surface area contributed by atoms with E-state index < -0.39 is 34.9 Å². The normalized spacial score (nSPS) is 35.9. The van der Waals surface area contributed by atoms with Crippen molar-refractivity contribution in [1.82, 2.24) is 4.90 Å². The van der Waals surface area contributed by atoms with Gasteiger partial charge in [-0.1, -0.05) is 65.6 Å². The third-order valence-corrected chi connectivity index (χ3v) is 17.1. The fraction of sp³-hybridized carbons (Fsp3) is 0.766. The first kappa shape index (κ1) is 46.2. The number of ether oxygens (including phenoxy) is 1. The number of ketones is 1. The summed E-state index contributed by atoms with van der Waals surface area (Å²) in [7, 11) is 0. The molecule has 0 unspecified atom stereocenters. The summed E-state index contributed by atoms with van der Waals surface area (Å²) in [5, 5.41) is 22.8. The Morgan fingerprint density at radius 3 is 2.22 bits per heavy atom. The van der Waals surface area contributed by atoms with E-state index >= 15 is 0 Å². The molecule has 5 aliphatic rings. The number of carboxylic acid groups (broad SMARTS) is 1. The lowest BCUT2D eigenvalue weighted by molar-refractivity contribution is -0.235. The number of hydrogen-bond donors (Lipinski definition) is 3. The summed E-state index contributed by atoms with van der Waals surface area (Å²) in [6, 6.07) is -0.542. The van der Waals surface area contributed by atoms with E-state index in [2.05, 4.69) is 60.2 Å². The predicted octanol–water partition coefficient (Wildman–Crippen LogP) is 8.64. The number of nitrogens with zero attached hydrogens (tertiary/aromatic N) is 2. The van der Waals surface area contributed by atoms with Gasteiger partial charge in [0.2, 0.25) is 5.91 Å². The monoisotopic (exact) mass is 826 g/mol. The minimum absolute atomic E-state index is 0.00743. The standard InChI is InChI=1S/C47H72ClN3O7/c1-27(2)39-32(52)23-47(35(53)26-51(37(54)25-49)29(4)31(50-12)15-13-28(3)48)22-21-45(10)30(40(39)47)14-16-34-44(9)19-18-36(58-38(55)24-42(5,6)41(56)57)43(7,8)33(44)17-20-46(34,45)11/h13,15,27,29-30,33-36,53H,12,14,16-26,49H2,1-11H3,(H,56,57)/b28-13+,31-15-/t29-,30+,33-,34+,35-,36-,44-,45+,46+,47-/m0/s1. The van der Waals surface area contributed by atoms with Crippen molar-refractivity contribution in [2.24, 2.45) is 66.9 Å². The number of Topliss-reactive ketones (excluding diaryl/α,β-unsaturated/α-hetero) is 1. The molecule has 0 aliphatic heterocycles. The van der Waals surface area contributed by atoms with Gasteiger partial charge in [-0.25, -0.2) is 0 Å². The maximum Gasteiger partial charge on any atom is 0.309 e. The number of esters is 1. The minimum atomic E-state index is -1.20. The van der Waals surface area contributed by atoms with Crippen molar-refractivity contribution in [3.63, 3.8) is 0 Å². The molecule has 10 atom stereocenters. The first-order valence-electron chi connectivity index (χ1n) is 21.7. The van der Waals surface area contributed by atoms with Gasteiger partial charge in [0.05, 0.1) is 36.2 Å². The summed E-state index contributed by atoms with van der Waals surface area (Å²) in [4.78, 5) is 58.5. The Labute approximate surface area is 352 Å². The number of aliphatic imine (C=N–C) groups is 1. The number of aliphatic hydroxyl groups excluding tert-OH is 1. The van der Waals surface area contributed by atoms with Gasteiger partial charge in [-0.05, 0) is 143 Å². The number of allylic oxidation sites excluding steroid dienone is 4. The zero-order chi connectivity index (χ0) is 43.6. The van der Waals surface area contributed by atoms with Gasteiger partial charge in [0.15, 0.2) is 5.78 Å². The average molecular weight is 827 g/mol. The van der Waals surface area contributed by atoms with Crippen molar-refractivity contribution >= 4 is 41.9 Å². The summed E-state index contributed by atoms with van der Waals surface area (Å²) >= 11 is 6.12. The topological polar surface area (TPSA) is 160 Å². The number of carbonyl (C=O) groups excluding carboxylic acids is 3. The molecule has 5 rings (SSSR count). The predicted molar refractivity (Wildman–Crippen MR) is 229 cm³/mol. The van der Waals surface area contributed by atoms with Crippen LogP contribution >= 0.6 is 11.6 Å². The third-order valence-electron chi connectivity index (χ3n) is 16.9. The second kappa shape index (κ2) is 16.2. The van der Waals surface area contributed by atoms with Crippen LogP contribution < -0.4 is 5.73 Å². The van der Waals surface area contributed by atoms with Gasteiger partial charge < -0.3 is 25.6 Å². The van der Waals surface area contributed by atoms with Crippen molar-refractivity contribution in [1.29, 1.82) is 0 Å². The van der Waals surface area contributed by atoms with E-state index in [0.29, 0.717) is 29.0 Å². The van der Waals surface area contributed by atoms with E-state index in [0.717, 1.165) is 56.1 Å². The molecule has 0 bridgehead atoms. The number of halogens is 1. The first-order chi connectivity index (χ1) is 26.8. The van der Waals surface area contributed by atoms with Crippen LogP contribution in [0.2, 0.25) is 0 Å². The Hall–Kier alpha value is -2.82. The van der Waals surface area contributed by atoms with E-state index in [-0.39, 0.29) is 77.2 Å². The van der Waals surface area contributed by atoms with E-state index in [1.165, 1.54) is 0 Å². The maximum absolute atomic E-state index is 14.3. The summed E-state index contributed by atoms with van der Waals surface area (Å²) in [6.45, 7) is 26.3. The molecule has 0 radical (unpaired) electrons. The minimum Gasteiger partial charge on any atom is -0.481 e. The van der Waals surface area contributed by atoms with Crippen LogP contribution in [0.15, 0.2) is 39.0 Å². The maximum atomic E-state index is 14.3. The fourth-order valence-corrected chi connectivity index (χ4v) is 13.6. The molecule has 0 aromatic rings. The second-order valence-corrected chi connectivity index (χ2v) is 21.6. The van der Waals surface area contributed by atoms with Crippen LogP contribution in [-0.4, -0.2) is 76.8 Å². The molecule has 1 amide bonds. The number of aliphatic carboxylic acids is 1. The van der Waals surface area contributed by atoms with Crippen LogP contribution in [0.3, 0.4) is 0 Å². The van der Waals surface area contributed by atoms with Crippen molar-refractivity contribution in [2.45, 2.75) is 159 Å². The molecular weight excluding hydrogens is 754 g/mol. The number of rotatable bonds is 13. The first-order valence-corrected chi connectivity index (χ1v) is 22.1. The van der Waals surface area contributed by atoms with E-state index in [9.17, 15) is 29.4 Å². The quantitative estimate of drug-likeness (QED) is 0.0946.